The molecule has 4 nitrogen and oxygen atoms in total. The van der Waals surface area contributed by atoms with Crippen LogP contribution >= 0.6 is 0 Å². The van der Waals surface area contributed by atoms with E-state index in [2.05, 4.69) is 41.5 Å². The highest BCUT2D eigenvalue weighted by Gasteiger charge is 2.14. The van der Waals surface area contributed by atoms with Crippen LogP contribution in [-0.2, 0) is 0 Å². The number of benzene rings is 1. The van der Waals surface area contributed by atoms with E-state index in [1.807, 2.05) is 22.8 Å². The maximum atomic E-state index is 4.78. The second-order valence-corrected chi connectivity index (χ2v) is 6.48. The summed E-state index contributed by atoms with van der Waals surface area (Å²) in [4.78, 5) is 4.49. The van der Waals surface area contributed by atoms with E-state index in [-0.39, 0.29) is 0 Å². The summed E-state index contributed by atoms with van der Waals surface area (Å²) in [6, 6.07) is 13.1. The van der Waals surface area contributed by atoms with Crippen molar-refractivity contribution in [3.63, 3.8) is 0 Å². The zero-order valence-corrected chi connectivity index (χ0v) is 13.5. The minimum Gasteiger partial charge on any atom is -0.366 e. The van der Waals surface area contributed by atoms with Crippen LogP contribution in [0.4, 0.5) is 5.82 Å². The summed E-state index contributed by atoms with van der Waals surface area (Å²) in [7, 11) is 0. The molecule has 1 N–H and O–H groups in total. The Morgan fingerprint density at radius 3 is 2.78 bits per heavy atom. The fourth-order valence-corrected chi connectivity index (χ4v) is 3.41. The Kier molecular flexibility index (Phi) is 3.74. The van der Waals surface area contributed by atoms with E-state index in [0.717, 1.165) is 22.7 Å². The molecule has 1 aromatic carbocycles. The van der Waals surface area contributed by atoms with Crippen LogP contribution in [0.5, 0.6) is 0 Å². The molecular weight excluding hydrogens is 284 g/mol. The zero-order chi connectivity index (χ0) is 15.6. The van der Waals surface area contributed by atoms with Gasteiger partial charge in [-0.2, -0.15) is 0 Å². The SMILES string of the molecule is Cc1cccc(-c2cnc3ccc(NC4CCCCC4)nn23)c1. The quantitative estimate of drug-likeness (QED) is 0.777. The van der Waals surface area contributed by atoms with Crippen molar-refractivity contribution >= 4 is 11.5 Å². The summed E-state index contributed by atoms with van der Waals surface area (Å²) < 4.78 is 1.94. The number of rotatable bonds is 3. The number of nitrogens with one attached hydrogen (secondary N) is 1. The maximum Gasteiger partial charge on any atom is 0.154 e. The molecule has 0 bridgehead atoms. The van der Waals surface area contributed by atoms with E-state index < -0.39 is 0 Å². The average molecular weight is 306 g/mol. The third-order valence-electron chi connectivity index (χ3n) is 4.63. The van der Waals surface area contributed by atoms with E-state index in [9.17, 15) is 0 Å². The smallest absolute Gasteiger partial charge is 0.154 e. The van der Waals surface area contributed by atoms with E-state index >= 15 is 0 Å². The van der Waals surface area contributed by atoms with Crippen LogP contribution < -0.4 is 5.32 Å². The molecule has 118 valence electrons. The predicted molar refractivity (Wildman–Crippen MR) is 93.7 cm³/mol. The van der Waals surface area contributed by atoms with Crippen LogP contribution in [-0.4, -0.2) is 20.6 Å². The van der Waals surface area contributed by atoms with E-state index in [0.29, 0.717) is 6.04 Å². The molecule has 1 fully saturated rings. The average Bonchev–Trinajstić information content (AvgIpc) is 2.99. The van der Waals surface area contributed by atoms with Gasteiger partial charge in [-0.05, 0) is 38.0 Å². The van der Waals surface area contributed by atoms with Crippen molar-refractivity contribution in [1.82, 2.24) is 14.6 Å². The van der Waals surface area contributed by atoms with Crippen molar-refractivity contribution in [2.45, 2.75) is 45.1 Å². The van der Waals surface area contributed by atoms with E-state index in [1.54, 1.807) is 0 Å². The molecular formula is C19H22N4. The highest BCUT2D eigenvalue weighted by atomic mass is 15.3. The Balaban J connectivity index is 1.68. The largest absolute Gasteiger partial charge is 0.366 e. The third-order valence-corrected chi connectivity index (χ3v) is 4.63. The highest BCUT2D eigenvalue weighted by molar-refractivity contribution is 5.64. The van der Waals surface area contributed by atoms with Gasteiger partial charge in [-0.15, -0.1) is 5.10 Å². The van der Waals surface area contributed by atoms with Gasteiger partial charge in [-0.25, -0.2) is 9.50 Å². The number of imidazole rings is 1. The molecule has 23 heavy (non-hydrogen) atoms. The molecule has 4 heteroatoms. The lowest BCUT2D eigenvalue weighted by molar-refractivity contribution is 0.461. The Bertz CT molecular complexity index is 815. The van der Waals surface area contributed by atoms with Crippen LogP contribution in [0.1, 0.15) is 37.7 Å². The number of nitrogens with zero attached hydrogens (tertiary/aromatic N) is 3. The van der Waals surface area contributed by atoms with Gasteiger partial charge in [-0.1, -0.05) is 43.0 Å². The Hall–Kier alpha value is -2.36. The van der Waals surface area contributed by atoms with Crippen molar-refractivity contribution in [2.24, 2.45) is 0 Å². The highest BCUT2D eigenvalue weighted by Crippen LogP contribution is 2.24. The Morgan fingerprint density at radius 2 is 1.96 bits per heavy atom. The molecule has 3 aromatic rings. The van der Waals surface area contributed by atoms with Crippen LogP contribution in [0, 0.1) is 6.92 Å². The van der Waals surface area contributed by atoms with Crippen molar-refractivity contribution in [2.75, 3.05) is 5.32 Å². The van der Waals surface area contributed by atoms with Crippen molar-refractivity contribution in [3.05, 3.63) is 48.2 Å². The first-order valence-electron chi connectivity index (χ1n) is 8.48. The predicted octanol–water partition coefficient (Wildman–Crippen LogP) is 4.45. The minimum absolute atomic E-state index is 0.555. The molecule has 0 amide bonds. The molecule has 0 saturated heterocycles. The first kappa shape index (κ1) is 14.2. The summed E-state index contributed by atoms with van der Waals surface area (Å²) in [6.45, 7) is 2.11. The molecule has 1 aliphatic carbocycles. The first-order valence-corrected chi connectivity index (χ1v) is 8.48. The second kappa shape index (κ2) is 6.03. The summed E-state index contributed by atoms with van der Waals surface area (Å²) in [5.41, 5.74) is 4.32. The van der Waals surface area contributed by atoms with Gasteiger partial charge >= 0.3 is 0 Å². The van der Waals surface area contributed by atoms with Crippen LogP contribution in [0.25, 0.3) is 16.9 Å². The van der Waals surface area contributed by atoms with Crippen molar-refractivity contribution < 1.29 is 0 Å². The molecule has 2 heterocycles. The molecule has 4 rings (SSSR count). The van der Waals surface area contributed by atoms with Gasteiger partial charge in [0.2, 0.25) is 0 Å². The Morgan fingerprint density at radius 1 is 1.09 bits per heavy atom. The van der Waals surface area contributed by atoms with E-state index in [1.165, 1.54) is 37.7 Å². The van der Waals surface area contributed by atoms with E-state index in [4.69, 9.17) is 5.10 Å². The molecule has 0 aliphatic heterocycles. The summed E-state index contributed by atoms with van der Waals surface area (Å²) >= 11 is 0. The molecule has 0 unspecified atom stereocenters. The summed E-state index contributed by atoms with van der Waals surface area (Å²) in [6.07, 6.45) is 8.40. The molecule has 1 saturated carbocycles. The number of fused-ring (bicyclic) bond motifs is 1. The molecule has 1 aliphatic rings. The fourth-order valence-electron chi connectivity index (χ4n) is 3.41. The zero-order valence-electron chi connectivity index (χ0n) is 13.5. The summed E-state index contributed by atoms with van der Waals surface area (Å²) in [5.74, 6) is 0.941. The van der Waals surface area contributed by atoms with Crippen LogP contribution in [0.3, 0.4) is 0 Å². The second-order valence-electron chi connectivity index (χ2n) is 6.48. The molecule has 0 spiro atoms. The van der Waals surface area contributed by atoms with Crippen LogP contribution in [0.2, 0.25) is 0 Å². The lowest BCUT2D eigenvalue weighted by atomic mass is 9.95. The first-order chi connectivity index (χ1) is 11.3. The lowest BCUT2D eigenvalue weighted by Crippen LogP contribution is -2.23. The lowest BCUT2D eigenvalue weighted by Gasteiger charge is -2.23. The van der Waals surface area contributed by atoms with Gasteiger partial charge in [0, 0.05) is 11.6 Å². The van der Waals surface area contributed by atoms with Gasteiger partial charge in [0.05, 0.1) is 11.9 Å². The number of aryl methyl sites for hydroxylation is 1. The Labute approximate surface area is 136 Å². The third kappa shape index (κ3) is 2.93. The van der Waals surface area contributed by atoms with Gasteiger partial charge in [-0.3, -0.25) is 0 Å². The van der Waals surface area contributed by atoms with Gasteiger partial charge < -0.3 is 5.32 Å². The topological polar surface area (TPSA) is 42.2 Å². The standard InChI is InChI=1S/C19H22N4/c1-14-6-5-7-15(12-14)17-13-20-19-11-10-18(22-23(17)19)21-16-8-3-2-4-9-16/h5-7,10-13,16H,2-4,8-9H2,1H3,(H,21,22). The van der Waals surface area contributed by atoms with Crippen molar-refractivity contribution in [1.29, 1.82) is 0 Å². The fraction of sp³-hybridized carbons (Fsp3) is 0.368. The molecule has 0 radical (unpaired) electrons. The molecule has 2 aromatic heterocycles. The monoisotopic (exact) mass is 306 g/mol. The minimum atomic E-state index is 0.555. The van der Waals surface area contributed by atoms with Crippen molar-refractivity contribution in [3.8, 4) is 11.3 Å². The number of hydrogen-bond donors (Lipinski definition) is 1. The summed E-state index contributed by atoms with van der Waals surface area (Å²) in [5, 5.41) is 8.37. The number of hydrogen-bond acceptors (Lipinski definition) is 3. The van der Waals surface area contributed by atoms with Gasteiger partial charge in [0.1, 0.15) is 5.82 Å². The number of anilines is 1. The van der Waals surface area contributed by atoms with Gasteiger partial charge in [0.25, 0.3) is 0 Å². The number of aromatic nitrogens is 3. The molecule has 0 atom stereocenters. The van der Waals surface area contributed by atoms with Gasteiger partial charge in [0.15, 0.2) is 5.65 Å². The van der Waals surface area contributed by atoms with Crippen LogP contribution in [0.15, 0.2) is 42.6 Å². The maximum absolute atomic E-state index is 4.78. The normalized spacial score (nSPS) is 15.9.